The van der Waals surface area contributed by atoms with Crippen LogP contribution in [-0.4, -0.2) is 27.4 Å². The third-order valence-corrected chi connectivity index (χ3v) is 5.41. The number of hydrogen-bond acceptors (Lipinski definition) is 3. The second kappa shape index (κ2) is 7.81. The van der Waals surface area contributed by atoms with Gasteiger partial charge in [0.1, 0.15) is 0 Å². The van der Waals surface area contributed by atoms with Crippen LogP contribution in [0.15, 0.2) is 46.0 Å². The molecule has 0 radical (unpaired) electrons. The third kappa shape index (κ3) is 3.57. The van der Waals surface area contributed by atoms with Gasteiger partial charge in [0.25, 0.3) is 5.91 Å². The maximum Gasteiger partial charge on any atom is 0.316 e. The number of fused-ring (bicyclic) bond motifs is 1. The highest BCUT2D eigenvalue weighted by Crippen LogP contribution is 2.30. The van der Waals surface area contributed by atoms with E-state index < -0.39 is 11.1 Å². The molecular formula is C20H19Cl2N3O3. The van der Waals surface area contributed by atoms with E-state index in [1.54, 1.807) is 55.3 Å². The van der Waals surface area contributed by atoms with Crippen molar-refractivity contribution in [3.05, 3.63) is 78.3 Å². The van der Waals surface area contributed by atoms with Crippen LogP contribution in [0.3, 0.4) is 0 Å². The van der Waals surface area contributed by atoms with Gasteiger partial charge in [0.2, 0.25) is 0 Å². The Bertz CT molecular complexity index is 1180. The fraction of sp³-hybridized carbons (Fsp3) is 0.250. The Balaban J connectivity index is 1.99. The molecule has 1 atom stereocenters. The summed E-state index contributed by atoms with van der Waals surface area (Å²) < 4.78 is 1.38. The summed E-state index contributed by atoms with van der Waals surface area (Å²) in [7, 11) is 1.68. The summed E-state index contributed by atoms with van der Waals surface area (Å²) in [6.45, 7) is 4.01. The molecule has 3 aromatic rings. The number of nitrogens with zero attached hydrogens (tertiary/aromatic N) is 2. The summed E-state index contributed by atoms with van der Waals surface area (Å²) in [5.41, 5.74) is 0.841. The summed E-state index contributed by atoms with van der Waals surface area (Å²) in [4.78, 5) is 40.9. The van der Waals surface area contributed by atoms with E-state index in [9.17, 15) is 14.4 Å². The fourth-order valence-electron chi connectivity index (χ4n) is 3.15. The normalized spacial score (nSPS) is 12.2. The molecule has 8 heteroatoms. The van der Waals surface area contributed by atoms with E-state index in [1.165, 1.54) is 4.57 Å². The van der Waals surface area contributed by atoms with Crippen LogP contribution in [0.1, 0.15) is 35.8 Å². The molecule has 1 amide bonds. The Morgan fingerprint density at radius 1 is 1.18 bits per heavy atom. The summed E-state index contributed by atoms with van der Waals surface area (Å²) in [6.07, 6.45) is 0. The maximum atomic E-state index is 13.0. The van der Waals surface area contributed by atoms with Crippen molar-refractivity contribution in [3.63, 3.8) is 0 Å². The zero-order valence-electron chi connectivity index (χ0n) is 15.6. The van der Waals surface area contributed by atoms with Crippen molar-refractivity contribution in [1.29, 1.82) is 0 Å². The second-order valence-corrected chi connectivity index (χ2v) is 7.34. The number of aromatic amines is 1. The largest absolute Gasteiger partial charge is 0.335 e. The number of H-pyrrole nitrogens is 1. The van der Waals surface area contributed by atoms with E-state index in [0.717, 1.165) is 5.56 Å². The van der Waals surface area contributed by atoms with Crippen molar-refractivity contribution in [2.24, 2.45) is 0 Å². The van der Waals surface area contributed by atoms with Crippen LogP contribution in [-0.2, 0) is 6.54 Å². The quantitative estimate of drug-likeness (QED) is 0.652. The SMILES string of the molecule is CCn1c(=O)c(=O)[nH]c2cc(C(=O)N(C)[C@H](C)c3ccc(Cl)cc3Cl)ccc21. The molecule has 2 aromatic carbocycles. The predicted octanol–water partition coefficient (Wildman–Crippen LogP) is 3.85. The van der Waals surface area contributed by atoms with E-state index in [2.05, 4.69) is 4.98 Å². The minimum Gasteiger partial charge on any atom is -0.335 e. The van der Waals surface area contributed by atoms with Gasteiger partial charge in [-0.15, -0.1) is 0 Å². The van der Waals surface area contributed by atoms with Crippen LogP contribution >= 0.6 is 23.2 Å². The highest BCUT2D eigenvalue weighted by atomic mass is 35.5. The van der Waals surface area contributed by atoms with Gasteiger partial charge in [0.05, 0.1) is 17.1 Å². The monoisotopic (exact) mass is 419 g/mol. The van der Waals surface area contributed by atoms with Crippen molar-refractivity contribution in [2.45, 2.75) is 26.4 Å². The number of amides is 1. The number of carbonyl (C=O) groups is 1. The Kier molecular flexibility index (Phi) is 5.63. The van der Waals surface area contributed by atoms with Crippen molar-refractivity contribution in [1.82, 2.24) is 14.5 Å². The zero-order valence-corrected chi connectivity index (χ0v) is 17.1. The Morgan fingerprint density at radius 3 is 2.54 bits per heavy atom. The molecule has 0 fully saturated rings. The van der Waals surface area contributed by atoms with Gasteiger partial charge in [-0.2, -0.15) is 0 Å². The lowest BCUT2D eigenvalue weighted by atomic mass is 10.1. The summed E-state index contributed by atoms with van der Waals surface area (Å²) in [5.74, 6) is -0.240. The van der Waals surface area contributed by atoms with Gasteiger partial charge in [0.15, 0.2) is 0 Å². The molecule has 146 valence electrons. The summed E-state index contributed by atoms with van der Waals surface area (Å²) in [5, 5.41) is 1.00. The van der Waals surface area contributed by atoms with Gasteiger partial charge in [-0.1, -0.05) is 29.3 Å². The lowest BCUT2D eigenvalue weighted by Crippen LogP contribution is -2.36. The van der Waals surface area contributed by atoms with Gasteiger partial charge < -0.3 is 14.5 Å². The van der Waals surface area contributed by atoms with Gasteiger partial charge in [0, 0.05) is 29.2 Å². The van der Waals surface area contributed by atoms with Gasteiger partial charge in [-0.05, 0) is 49.7 Å². The highest BCUT2D eigenvalue weighted by Gasteiger charge is 2.21. The molecule has 1 N–H and O–H groups in total. The van der Waals surface area contributed by atoms with E-state index in [-0.39, 0.29) is 11.9 Å². The van der Waals surface area contributed by atoms with Crippen molar-refractivity contribution >= 4 is 40.1 Å². The molecule has 0 spiro atoms. The van der Waals surface area contributed by atoms with Crippen LogP contribution in [0, 0.1) is 0 Å². The molecular weight excluding hydrogens is 401 g/mol. The number of rotatable bonds is 4. The first-order chi connectivity index (χ1) is 13.2. The Labute approximate surface area is 171 Å². The van der Waals surface area contributed by atoms with E-state index in [1.807, 2.05) is 6.92 Å². The standard InChI is InChI=1S/C20H19Cl2N3O3/c1-4-25-17-8-5-12(9-16(17)23-18(26)20(25)28)19(27)24(3)11(2)14-7-6-13(21)10-15(14)22/h5-11H,4H2,1-3H3,(H,23,26)/t11-/m1/s1. The molecule has 3 rings (SSSR count). The number of halogens is 2. The number of aryl methyl sites for hydroxylation is 1. The van der Waals surface area contributed by atoms with Crippen molar-refractivity contribution < 1.29 is 4.79 Å². The second-order valence-electron chi connectivity index (χ2n) is 6.49. The van der Waals surface area contributed by atoms with Gasteiger partial charge >= 0.3 is 11.1 Å². The summed E-state index contributed by atoms with van der Waals surface area (Å²) in [6, 6.07) is 9.74. The molecule has 0 aliphatic heterocycles. The van der Waals surface area contributed by atoms with Gasteiger partial charge in [-0.3, -0.25) is 14.4 Å². The molecule has 0 saturated heterocycles. The zero-order chi connectivity index (χ0) is 20.6. The first kappa shape index (κ1) is 20.2. The predicted molar refractivity (Wildman–Crippen MR) is 111 cm³/mol. The summed E-state index contributed by atoms with van der Waals surface area (Å²) >= 11 is 12.2. The molecule has 28 heavy (non-hydrogen) atoms. The minimum absolute atomic E-state index is 0.240. The molecule has 0 bridgehead atoms. The first-order valence-electron chi connectivity index (χ1n) is 8.73. The van der Waals surface area contributed by atoms with Crippen LogP contribution in [0.2, 0.25) is 10.0 Å². The minimum atomic E-state index is -0.714. The Hall–Kier alpha value is -2.57. The topological polar surface area (TPSA) is 75.2 Å². The molecule has 1 heterocycles. The smallest absolute Gasteiger partial charge is 0.316 e. The lowest BCUT2D eigenvalue weighted by molar-refractivity contribution is 0.0743. The van der Waals surface area contributed by atoms with Crippen LogP contribution in [0.25, 0.3) is 11.0 Å². The molecule has 0 unspecified atom stereocenters. The average Bonchev–Trinajstić information content (AvgIpc) is 2.67. The first-order valence-corrected chi connectivity index (χ1v) is 9.49. The number of aromatic nitrogens is 2. The van der Waals surface area contributed by atoms with Crippen molar-refractivity contribution in [3.8, 4) is 0 Å². The molecule has 0 saturated carbocycles. The van der Waals surface area contributed by atoms with Crippen molar-refractivity contribution in [2.75, 3.05) is 7.05 Å². The highest BCUT2D eigenvalue weighted by molar-refractivity contribution is 6.35. The molecule has 6 nitrogen and oxygen atoms in total. The number of carbonyl (C=O) groups excluding carboxylic acids is 1. The molecule has 1 aromatic heterocycles. The molecule has 0 aliphatic carbocycles. The fourth-order valence-corrected chi connectivity index (χ4v) is 3.72. The van der Waals surface area contributed by atoms with E-state index in [4.69, 9.17) is 23.2 Å². The third-order valence-electron chi connectivity index (χ3n) is 4.85. The number of benzene rings is 2. The lowest BCUT2D eigenvalue weighted by Gasteiger charge is -2.26. The van der Waals surface area contributed by atoms with E-state index in [0.29, 0.717) is 33.2 Å². The number of nitrogens with one attached hydrogen (secondary N) is 1. The Morgan fingerprint density at radius 2 is 1.89 bits per heavy atom. The molecule has 0 aliphatic rings. The van der Waals surface area contributed by atoms with Crippen LogP contribution in [0.5, 0.6) is 0 Å². The van der Waals surface area contributed by atoms with Crippen LogP contribution in [0.4, 0.5) is 0 Å². The van der Waals surface area contributed by atoms with Gasteiger partial charge in [-0.25, -0.2) is 0 Å². The number of hydrogen-bond donors (Lipinski definition) is 1. The average molecular weight is 420 g/mol. The van der Waals surface area contributed by atoms with E-state index >= 15 is 0 Å². The maximum absolute atomic E-state index is 13.0. The van der Waals surface area contributed by atoms with Crippen LogP contribution < -0.4 is 11.1 Å².